The maximum atomic E-state index is 12.1. The number of nitrogens with two attached hydrogens (primary N) is 1. The van der Waals surface area contributed by atoms with E-state index in [-0.39, 0.29) is 0 Å². The van der Waals surface area contributed by atoms with E-state index in [1.807, 2.05) is 24.3 Å². The summed E-state index contributed by atoms with van der Waals surface area (Å²) < 4.78 is 5.14. The third-order valence-electron chi connectivity index (χ3n) is 3.57. The van der Waals surface area contributed by atoms with Gasteiger partial charge in [-0.15, -0.1) is 0 Å². The fourth-order valence-corrected chi connectivity index (χ4v) is 2.11. The third-order valence-corrected chi connectivity index (χ3v) is 3.57. The van der Waals surface area contributed by atoms with Gasteiger partial charge < -0.3 is 15.6 Å². The largest absolute Gasteiger partial charge is 0.480 e. The Morgan fingerprint density at radius 2 is 1.68 bits per heavy atom. The van der Waals surface area contributed by atoms with E-state index in [0.29, 0.717) is 5.92 Å². The molecule has 0 bridgehead atoms. The molecular weight excluding hydrogens is 282 g/mol. The summed E-state index contributed by atoms with van der Waals surface area (Å²) in [7, 11) is 0. The van der Waals surface area contributed by atoms with E-state index in [1.54, 1.807) is 6.92 Å². The van der Waals surface area contributed by atoms with Crippen molar-refractivity contribution in [1.29, 1.82) is 0 Å². The number of rotatable bonds is 7. The SMILES string of the molecule is CC(C)Cc1ccc([C@@H](C)C(=O)OC(C)C(N)C(=O)O)cc1. The van der Waals surface area contributed by atoms with E-state index in [2.05, 4.69) is 13.8 Å². The highest BCUT2D eigenvalue weighted by Gasteiger charge is 2.26. The predicted molar refractivity (Wildman–Crippen MR) is 84.6 cm³/mol. The van der Waals surface area contributed by atoms with Gasteiger partial charge in [0.1, 0.15) is 12.1 Å². The second-order valence-corrected chi connectivity index (χ2v) is 6.07. The zero-order chi connectivity index (χ0) is 16.9. The molecule has 0 radical (unpaired) electrons. The summed E-state index contributed by atoms with van der Waals surface area (Å²) in [5.74, 6) is -1.55. The first-order valence-electron chi connectivity index (χ1n) is 7.50. The van der Waals surface area contributed by atoms with Crippen LogP contribution < -0.4 is 5.73 Å². The molecule has 3 atom stereocenters. The minimum atomic E-state index is -1.22. The van der Waals surface area contributed by atoms with Gasteiger partial charge >= 0.3 is 11.9 Å². The molecule has 5 nitrogen and oxygen atoms in total. The van der Waals surface area contributed by atoms with Gasteiger partial charge in [-0.05, 0) is 37.3 Å². The first kappa shape index (κ1) is 18.2. The molecule has 0 aliphatic heterocycles. The fraction of sp³-hybridized carbons (Fsp3) is 0.529. The lowest BCUT2D eigenvalue weighted by atomic mass is 9.97. The topological polar surface area (TPSA) is 89.6 Å². The van der Waals surface area contributed by atoms with E-state index in [0.717, 1.165) is 12.0 Å². The van der Waals surface area contributed by atoms with Crippen molar-refractivity contribution in [3.8, 4) is 0 Å². The van der Waals surface area contributed by atoms with E-state index in [9.17, 15) is 9.59 Å². The Labute approximate surface area is 131 Å². The van der Waals surface area contributed by atoms with Crippen LogP contribution in [0.3, 0.4) is 0 Å². The summed E-state index contributed by atoms with van der Waals surface area (Å²) in [6, 6.07) is 6.61. The van der Waals surface area contributed by atoms with Crippen LogP contribution in [0.2, 0.25) is 0 Å². The lowest BCUT2D eigenvalue weighted by molar-refractivity contribution is -0.154. The highest BCUT2D eigenvalue weighted by Crippen LogP contribution is 2.19. The van der Waals surface area contributed by atoms with Gasteiger partial charge in [0.05, 0.1) is 5.92 Å². The van der Waals surface area contributed by atoms with Gasteiger partial charge in [0.15, 0.2) is 0 Å². The van der Waals surface area contributed by atoms with Crippen molar-refractivity contribution < 1.29 is 19.4 Å². The van der Waals surface area contributed by atoms with Crippen LogP contribution in [-0.4, -0.2) is 29.2 Å². The van der Waals surface area contributed by atoms with Crippen LogP contribution in [0.5, 0.6) is 0 Å². The summed E-state index contributed by atoms with van der Waals surface area (Å²) in [5.41, 5.74) is 7.50. The molecular formula is C17H25NO4. The molecule has 0 saturated carbocycles. The van der Waals surface area contributed by atoms with Crippen LogP contribution in [0.15, 0.2) is 24.3 Å². The number of hydrogen-bond donors (Lipinski definition) is 2. The lowest BCUT2D eigenvalue weighted by Gasteiger charge is -2.19. The van der Waals surface area contributed by atoms with Gasteiger partial charge in [0, 0.05) is 0 Å². The Bertz CT molecular complexity index is 510. The molecule has 22 heavy (non-hydrogen) atoms. The van der Waals surface area contributed by atoms with Gasteiger partial charge in [-0.1, -0.05) is 38.1 Å². The molecule has 3 N–H and O–H groups in total. The van der Waals surface area contributed by atoms with Gasteiger partial charge in [0.2, 0.25) is 0 Å². The molecule has 2 unspecified atom stereocenters. The van der Waals surface area contributed by atoms with Crippen molar-refractivity contribution in [1.82, 2.24) is 0 Å². The van der Waals surface area contributed by atoms with E-state index < -0.39 is 30.0 Å². The highest BCUT2D eigenvalue weighted by atomic mass is 16.5. The quantitative estimate of drug-likeness (QED) is 0.755. The van der Waals surface area contributed by atoms with E-state index in [1.165, 1.54) is 12.5 Å². The highest BCUT2D eigenvalue weighted by molar-refractivity contribution is 5.79. The zero-order valence-corrected chi connectivity index (χ0v) is 13.6. The van der Waals surface area contributed by atoms with Crippen molar-refractivity contribution in [2.24, 2.45) is 11.7 Å². The molecule has 0 aliphatic carbocycles. The molecule has 0 amide bonds. The van der Waals surface area contributed by atoms with Crippen molar-refractivity contribution in [2.45, 2.75) is 52.2 Å². The Hall–Kier alpha value is -1.88. The molecule has 0 heterocycles. The molecule has 5 heteroatoms. The number of carboxylic acids is 1. The number of benzene rings is 1. The van der Waals surface area contributed by atoms with Crippen LogP contribution in [-0.2, 0) is 20.7 Å². The summed E-state index contributed by atoms with van der Waals surface area (Å²) >= 11 is 0. The monoisotopic (exact) mass is 307 g/mol. The number of esters is 1. The smallest absolute Gasteiger partial charge is 0.324 e. The molecule has 1 rings (SSSR count). The molecule has 1 aromatic carbocycles. The Kier molecular flexibility index (Phi) is 6.56. The number of aliphatic carboxylic acids is 1. The lowest BCUT2D eigenvalue weighted by Crippen LogP contribution is -2.43. The second kappa shape index (κ2) is 7.94. The summed E-state index contributed by atoms with van der Waals surface area (Å²) in [6.45, 7) is 7.52. The van der Waals surface area contributed by atoms with Crippen molar-refractivity contribution in [2.75, 3.05) is 0 Å². The van der Waals surface area contributed by atoms with E-state index >= 15 is 0 Å². The minimum absolute atomic E-state index is 0.462. The Morgan fingerprint density at radius 1 is 1.14 bits per heavy atom. The fourth-order valence-electron chi connectivity index (χ4n) is 2.11. The summed E-state index contributed by atoms with van der Waals surface area (Å²) in [4.78, 5) is 22.8. The maximum Gasteiger partial charge on any atom is 0.324 e. The van der Waals surface area contributed by atoms with Gasteiger partial charge in [-0.25, -0.2) is 0 Å². The number of carbonyl (C=O) groups is 2. The number of ether oxygens (including phenoxy) is 1. The maximum absolute atomic E-state index is 12.1. The first-order chi connectivity index (χ1) is 10.2. The zero-order valence-electron chi connectivity index (χ0n) is 13.6. The predicted octanol–water partition coefficient (Wildman–Crippen LogP) is 2.33. The molecule has 0 saturated heterocycles. The average Bonchev–Trinajstić information content (AvgIpc) is 2.45. The molecule has 1 aromatic rings. The second-order valence-electron chi connectivity index (χ2n) is 6.07. The molecule has 0 aromatic heterocycles. The molecule has 0 fully saturated rings. The van der Waals surface area contributed by atoms with E-state index in [4.69, 9.17) is 15.6 Å². The van der Waals surface area contributed by atoms with Crippen LogP contribution >= 0.6 is 0 Å². The normalized spacial score (nSPS) is 15.2. The van der Waals surface area contributed by atoms with Gasteiger partial charge in [0.25, 0.3) is 0 Å². The van der Waals surface area contributed by atoms with Crippen LogP contribution in [0.4, 0.5) is 0 Å². The number of hydrogen-bond acceptors (Lipinski definition) is 4. The van der Waals surface area contributed by atoms with Gasteiger partial charge in [-0.2, -0.15) is 0 Å². The molecule has 0 aliphatic rings. The van der Waals surface area contributed by atoms with Crippen LogP contribution in [0, 0.1) is 5.92 Å². The third kappa shape index (κ3) is 5.15. The standard InChI is InChI=1S/C17H25NO4/c1-10(2)9-13-5-7-14(8-6-13)11(3)17(21)22-12(4)15(18)16(19)20/h5-8,10-12,15H,9,18H2,1-4H3,(H,19,20)/t11-,12?,15?/m1/s1. The summed E-state index contributed by atoms with van der Waals surface area (Å²) in [6.07, 6.45) is 0.122. The van der Waals surface area contributed by atoms with Crippen LogP contribution in [0.1, 0.15) is 44.7 Å². The van der Waals surface area contributed by atoms with Crippen molar-refractivity contribution in [3.05, 3.63) is 35.4 Å². The number of carbonyl (C=O) groups excluding carboxylic acids is 1. The average molecular weight is 307 g/mol. The number of carboxylic acid groups (broad SMARTS) is 1. The van der Waals surface area contributed by atoms with Crippen LogP contribution in [0.25, 0.3) is 0 Å². The molecule has 0 spiro atoms. The Morgan fingerprint density at radius 3 is 2.14 bits per heavy atom. The first-order valence-corrected chi connectivity index (χ1v) is 7.50. The minimum Gasteiger partial charge on any atom is -0.480 e. The summed E-state index contributed by atoms with van der Waals surface area (Å²) in [5, 5.41) is 8.81. The van der Waals surface area contributed by atoms with Crippen molar-refractivity contribution >= 4 is 11.9 Å². The van der Waals surface area contributed by atoms with Gasteiger partial charge in [-0.3, -0.25) is 9.59 Å². The molecule has 122 valence electrons. The van der Waals surface area contributed by atoms with Crippen molar-refractivity contribution in [3.63, 3.8) is 0 Å². The Balaban J connectivity index is 2.68.